The fraction of sp³-hybridized carbons (Fsp3) is 0.333. The van der Waals surface area contributed by atoms with Crippen LogP contribution in [-0.2, 0) is 11.8 Å². The van der Waals surface area contributed by atoms with Crippen molar-refractivity contribution in [3.63, 3.8) is 0 Å². The van der Waals surface area contributed by atoms with Crippen molar-refractivity contribution in [2.75, 3.05) is 16.8 Å². The molecule has 0 aromatic carbocycles. The first kappa shape index (κ1) is 14.1. The second kappa shape index (κ2) is 5.48. The van der Waals surface area contributed by atoms with Crippen LogP contribution in [0.25, 0.3) is 0 Å². The molecule has 2 aromatic rings. The minimum absolute atomic E-state index is 0.00480. The molecule has 0 radical (unpaired) electrons. The Morgan fingerprint density at radius 2 is 2.27 bits per heavy atom. The Morgan fingerprint density at radius 3 is 2.95 bits per heavy atom. The number of carbonyl (C=O) groups is 1. The van der Waals surface area contributed by atoms with Gasteiger partial charge in [-0.05, 0) is 25.5 Å². The van der Waals surface area contributed by atoms with Gasteiger partial charge in [0.2, 0.25) is 5.91 Å². The zero-order chi connectivity index (χ0) is 15.7. The van der Waals surface area contributed by atoms with Crippen molar-refractivity contribution in [2.24, 2.45) is 7.05 Å². The minimum atomic E-state index is -0.332. The van der Waals surface area contributed by atoms with E-state index in [1.165, 1.54) is 0 Å². The molecule has 1 saturated heterocycles. The molecule has 7 nitrogen and oxygen atoms in total. The second-order valence-electron chi connectivity index (χ2n) is 5.34. The normalized spacial score (nSPS) is 17.6. The third-order valence-electron chi connectivity index (χ3n) is 3.61. The molecule has 2 aromatic heterocycles. The van der Waals surface area contributed by atoms with Crippen LogP contribution in [0.15, 0.2) is 24.5 Å². The molecule has 1 atom stereocenters. The average molecular weight is 296 g/mol. The van der Waals surface area contributed by atoms with E-state index in [2.05, 4.69) is 21.5 Å². The summed E-state index contributed by atoms with van der Waals surface area (Å²) in [6.45, 7) is 2.46. The Hall–Kier alpha value is -2.88. The van der Waals surface area contributed by atoms with Crippen LogP contribution in [0.3, 0.4) is 0 Å². The molecule has 1 amide bonds. The van der Waals surface area contributed by atoms with Crippen LogP contribution in [0.5, 0.6) is 0 Å². The third-order valence-corrected chi connectivity index (χ3v) is 3.61. The number of carbonyl (C=O) groups excluding carboxylic acids is 1. The van der Waals surface area contributed by atoms with Gasteiger partial charge in [-0.2, -0.15) is 10.4 Å². The number of hydrogen-bond acceptors (Lipinski definition) is 5. The van der Waals surface area contributed by atoms with Crippen LogP contribution >= 0.6 is 0 Å². The molecule has 3 rings (SSSR count). The fourth-order valence-electron chi connectivity index (χ4n) is 2.60. The zero-order valence-corrected chi connectivity index (χ0v) is 12.4. The molecule has 0 saturated carbocycles. The van der Waals surface area contributed by atoms with Gasteiger partial charge in [0.25, 0.3) is 0 Å². The van der Waals surface area contributed by atoms with Crippen molar-refractivity contribution >= 4 is 17.4 Å². The topological polar surface area (TPSA) is 86.8 Å². The summed E-state index contributed by atoms with van der Waals surface area (Å²) < 4.78 is 1.67. The number of amides is 1. The maximum Gasteiger partial charge on any atom is 0.249 e. The second-order valence-corrected chi connectivity index (χ2v) is 5.34. The maximum absolute atomic E-state index is 12.5. The van der Waals surface area contributed by atoms with E-state index >= 15 is 0 Å². The molecule has 1 aliphatic rings. The minimum Gasteiger partial charge on any atom is -0.358 e. The van der Waals surface area contributed by atoms with Crippen molar-refractivity contribution < 1.29 is 4.79 Å². The van der Waals surface area contributed by atoms with Crippen molar-refractivity contribution in [1.29, 1.82) is 5.26 Å². The number of anilines is 2. The number of rotatable bonds is 3. The van der Waals surface area contributed by atoms with Gasteiger partial charge >= 0.3 is 0 Å². The van der Waals surface area contributed by atoms with Crippen LogP contribution in [0.2, 0.25) is 0 Å². The molecule has 1 aliphatic heterocycles. The van der Waals surface area contributed by atoms with Crippen LogP contribution < -0.4 is 10.2 Å². The quantitative estimate of drug-likeness (QED) is 0.920. The lowest BCUT2D eigenvalue weighted by atomic mass is 10.2. The van der Waals surface area contributed by atoms with Crippen molar-refractivity contribution in [3.8, 4) is 6.07 Å². The summed E-state index contributed by atoms with van der Waals surface area (Å²) in [6.07, 6.45) is 4.18. The number of aromatic nitrogens is 3. The number of aryl methyl sites for hydroxylation is 2. The molecule has 7 heteroatoms. The smallest absolute Gasteiger partial charge is 0.249 e. The van der Waals surface area contributed by atoms with E-state index in [9.17, 15) is 4.79 Å². The summed E-state index contributed by atoms with van der Waals surface area (Å²) in [5.74, 6) is 0.553. The predicted molar refractivity (Wildman–Crippen MR) is 81.3 cm³/mol. The Balaban J connectivity index is 1.76. The summed E-state index contributed by atoms with van der Waals surface area (Å²) in [6, 6.07) is 5.13. The lowest BCUT2D eigenvalue weighted by Crippen LogP contribution is -2.33. The molecule has 112 valence electrons. The molecule has 1 unspecified atom stereocenters. The summed E-state index contributed by atoms with van der Waals surface area (Å²) in [5, 5.41) is 16.2. The highest BCUT2D eigenvalue weighted by Crippen LogP contribution is 2.23. The highest BCUT2D eigenvalue weighted by Gasteiger charge is 2.33. The SMILES string of the molecule is Cc1cc(C#N)cc(NC2CCN(c3cnn(C)c3)C2=O)n1. The average Bonchev–Trinajstić information content (AvgIpc) is 3.05. The Kier molecular flexibility index (Phi) is 3.51. The molecular weight excluding hydrogens is 280 g/mol. The molecular formula is C15H16N6O. The number of nitrogens with one attached hydrogen (secondary N) is 1. The predicted octanol–water partition coefficient (Wildman–Crippen LogP) is 1.21. The van der Waals surface area contributed by atoms with E-state index < -0.39 is 0 Å². The van der Waals surface area contributed by atoms with Gasteiger partial charge in [-0.15, -0.1) is 0 Å². The van der Waals surface area contributed by atoms with Gasteiger partial charge in [0, 0.05) is 25.5 Å². The highest BCUT2D eigenvalue weighted by molar-refractivity contribution is 6.00. The first-order valence-corrected chi connectivity index (χ1v) is 7.02. The summed E-state index contributed by atoms with van der Waals surface area (Å²) in [7, 11) is 1.82. The van der Waals surface area contributed by atoms with Gasteiger partial charge in [-0.25, -0.2) is 4.98 Å². The monoisotopic (exact) mass is 296 g/mol. The van der Waals surface area contributed by atoms with Gasteiger partial charge in [0.05, 0.1) is 23.5 Å². The van der Waals surface area contributed by atoms with Crippen LogP contribution in [0.4, 0.5) is 11.5 Å². The number of nitrogens with zero attached hydrogens (tertiary/aromatic N) is 5. The Morgan fingerprint density at radius 1 is 1.45 bits per heavy atom. The Labute approximate surface area is 128 Å². The molecule has 0 bridgehead atoms. The van der Waals surface area contributed by atoms with E-state index in [1.54, 1.807) is 27.9 Å². The Bertz CT molecular complexity index is 760. The van der Waals surface area contributed by atoms with Gasteiger partial charge in [-0.3, -0.25) is 9.48 Å². The van der Waals surface area contributed by atoms with Crippen LogP contribution in [0, 0.1) is 18.3 Å². The number of nitriles is 1. The van der Waals surface area contributed by atoms with Gasteiger partial charge < -0.3 is 10.2 Å². The van der Waals surface area contributed by atoms with Crippen molar-refractivity contribution in [2.45, 2.75) is 19.4 Å². The van der Waals surface area contributed by atoms with E-state index in [1.807, 2.05) is 20.2 Å². The largest absolute Gasteiger partial charge is 0.358 e. The van der Waals surface area contributed by atoms with Crippen molar-refractivity contribution in [1.82, 2.24) is 14.8 Å². The van der Waals surface area contributed by atoms with E-state index in [4.69, 9.17) is 5.26 Å². The summed E-state index contributed by atoms with van der Waals surface area (Å²) in [5.41, 5.74) is 2.08. The molecule has 1 fully saturated rings. The van der Waals surface area contributed by atoms with Gasteiger partial charge in [0.15, 0.2) is 0 Å². The van der Waals surface area contributed by atoms with E-state index in [0.29, 0.717) is 24.3 Å². The zero-order valence-electron chi connectivity index (χ0n) is 12.4. The first-order valence-electron chi connectivity index (χ1n) is 7.02. The van der Waals surface area contributed by atoms with E-state index in [0.717, 1.165) is 11.4 Å². The lowest BCUT2D eigenvalue weighted by Gasteiger charge is -2.15. The van der Waals surface area contributed by atoms with E-state index in [-0.39, 0.29) is 11.9 Å². The summed E-state index contributed by atoms with van der Waals surface area (Å²) >= 11 is 0. The number of pyridine rings is 1. The molecule has 1 N–H and O–H groups in total. The first-order chi connectivity index (χ1) is 10.6. The summed E-state index contributed by atoms with van der Waals surface area (Å²) in [4.78, 5) is 18.5. The molecule has 0 spiro atoms. The highest BCUT2D eigenvalue weighted by atomic mass is 16.2. The van der Waals surface area contributed by atoms with Crippen molar-refractivity contribution in [3.05, 3.63) is 35.8 Å². The van der Waals surface area contributed by atoms with Crippen LogP contribution in [0.1, 0.15) is 17.7 Å². The standard InChI is InChI=1S/C15H16N6O/c1-10-5-11(7-16)6-14(18-10)19-13-3-4-21(15(13)22)12-8-17-20(2)9-12/h5-6,8-9,13H,3-4H2,1-2H3,(H,18,19). The van der Waals surface area contributed by atoms with Crippen LogP contribution in [-0.4, -0.2) is 33.3 Å². The molecule has 22 heavy (non-hydrogen) atoms. The maximum atomic E-state index is 12.5. The third kappa shape index (κ3) is 2.63. The molecule has 0 aliphatic carbocycles. The van der Waals surface area contributed by atoms with Gasteiger partial charge in [0.1, 0.15) is 11.9 Å². The number of hydrogen-bond donors (Lipinski definition) is 1. The lowest BCUT2D eigenvalue weighted by molar-refractivity contribution is -0.117. The van der Waals surface area contributed by atoms with Gasteiger partial charge in [-0.1, -0.05) is 0 Å². The molecule has 3 heterocycles. The fourth-order valence-corrected chi connectivity index (χ4v) is 2.60.